The summed E-state index contributed by atoms with van der Waals surface area (Å²) in [7, 11) is 0. The van der Waals surface area contributed by atoms with E-state index in [0.29, 0.717) is 0 Å². The van der Waals surface area contributed by atoms with Crippen LogP contribution in [0.25, 0.3) is 0 Å². The largest absolute Gasteiger partial charge is 0.480 e. The second kappa shape index (κ2) is 5.16. The van der Waals surface area contributed by atoms with Crippen LogP contribution in [0.4, 0.5) is 4.39 Å². The molecule has 1 unspecified atom stereocenters. The Hall–Kier alpha value is -1.91. The van der Waals surface area contributed by atoms with Gasteiger partial charge in [0, 0.05) is 5.56 Å². The molecule has 18 heavy (non-hydrogen) atoms. The summed E-state index contributed by atoms with van der Waals surface area (Å²) < 4.78 is 12.7. The van der Waals surface area contributed by atoms with Crippen LogP contribution < -0.4 is 5.32 Å². The number of nitrogens with one attached hydrogen (secondary N) is 1. The molecule has 0 spiro atoms. The van der Waals surface area contributed by atoms with E-state index in [2.05, 4.69) is 5.32 Å². The van der Waals surface area contributed by atoms with Crippen molar-refractivity contribution in [3.63, 3.8) is 0 Å². The van der Waals surface area contributed by atoms with Crippen molar-refractivity contribution in [2.45, 2.75) is 26.8 Å². The Bertz CT molecular complexity index is 448. The Morgan fingerprint density at radius 1 is 1.22 bits per heavy atom. The second-order valence-corrected chi connectivity index (χ2v) is 5.12. The van der Waals surface area contributed by atoms with Gasteiger partial charge in [-0.1, -0.05) is 20.8 Å². The van der Waals surface area contributed by atoms with E-state index < -0.39 is 29.2 Å². The molecule has 0 bridgehead atoms. The number of carboxylic acids is 1. The van der Waals surface area contributed by atoms with E-state index in [9.17, 15) is 14.0 Å². The quantitative estimate of drug-likeness (QED) is 0.866. The number of carbonyl (C=O) groups excluding carboxylic acids is 1. The molecule has 0 saturated heterocycles. The Balaban J connectivity index is 2.86. The number of amides is 1. The van der Waals surface area contributed by atoms with Crippen LogP contribution in [-0.4, -0.2) is 23.0 Å². The molecule has 0 aliphatic heterocycles. The third kappa shape index (κ3) is 3.55. The monoisotopic (exact) mass is 253 g/mol. The van der Waals surface area contributed by atoms with Crippen molar-refractivity contribution in [1.29, 1.82) is 0 Å². The smallest absolute Gasteiger partial charge is 0.326 e. The minimum absolute atomic E-state index is 0.229. The van der Waals surface area contributed by atoms with Gasteiger partial charge in [0.2, 0.25) is 0 Å². The summed E-state index contributed by atoms with van der Waals surface area (Å²) in [5, 5.41) is 11.5. The first-order chi connectivity index (χ1) is 8.21. The van der Waals surface area contributed by atoms with Gasteiger partial charge in [0.25, 0.3) is 5.91 Å². The summed E-state index contributed by atoms with van der Waals surface area (Å²) >= 11 is 0. The third-order valence-electron chi connectivity index (χ3n) is 2.49. The van der Waals surface area contributed by atoms with Crippen LogP contribution in [0, 0.1) is 11.2 Å². The number of rotatable bonds is 3. The highest BCUT2D eigenvalue weighted by Crippen LogP contribution is 2.20. The standard InChI is InChI=1S/C13H16FNO3/c1-13(2,3)10(12(17)18)15-11(16)8-4-6-9(14)7-5-8/h4-7,10H,1-3H3,(H,15,16)(H,17,18). The molecule has 98 valence electrons. The second-order valence-electron chi connectivity index (χ2n) is 5.12. The zero-order chi connectivity index (χ0) is 13.9. The minimum atomic E-state index is -1.10. The zero-order valence-corrected chi connectivity index (χ0v) is 10.5. The average molecular weight is 253 g/mol. The van der Waals surface area contributed by atoms with Gasteiger partial charge in [-0.05, 0) is 29.7 Å². The number of benzene rings is 1. The summed E-state index contributed by atoms with van der Waals surface area (Å²) in [5.41, 5.74) is -0.381. The first-order valence-corrected chi connectivity index (χ1v) is 5.51. The van der Waals surface area contributed by atoms with Gasteiger partial charge in [-0.25, -0.2) is 9.18 Å². The number of aliphatic carboxylic acids is 1. The molecule has 1 amide bonds. The first kappa shape index (κ1) is 14.2. The molecule has 0 fully saturated rings. The zero-order valence-electron chi connectivity index (χ0n) is 10.5. The molecule has 0 heterocycles. The lowest BCUT2D eigenvalue weighted by Crippen LogP contribution is -2.49. The molecular formula is C13H16FNO3. The highest BCUT2D eigenvalue weighted by molar-refractivity contribution is 5.96. The Kier molecular flexibility index (Phi) is 4.06. The van der Waals surface area contributed by atoms with Crippen LogP contribution in [0.3, 0.4) is 0 Å². The summed E-state index contributed by atoms with van der Waals surface area (Å²) in [6.07, 6.45) is 0. The summed E-state index contributed by atoms with van der Waals surface area (Å²) in [6.45, 7) is 5.16. The van der Waals surface area contributed by atoms with Gasteiger partial charge < -0.3 is 10.4 Å². The minimum Gasteiger partial charge on any atom is -0.480 e. The Labute approximate surface area is 105 Å². The molecule has 2 N–H and O–H groups in total. The number of hydrogen-bond donors (Lipinski definition) is 2. The van der Waals surface area contributed by atoms with Crippen LogP contribution in [-0.2, 0) is 4.79 Å². The molecule has 0 aliphatic rings. The van der Waals surface area contributed by atoms with Crippen molar-refractivity contribution >= 4 is 11.9 Å². The van der Waals surface area contributed by atoms with Gasteiger partial charge in [-0.2, -0.15) is 0 Å². The van der Waals surface area contributed by atoms with E-state index >= 15 is 0 Å². The topological polar surface area (TPSA) is 66.4 Å². The normalized spacial score (nSPS) is 12.9. The first-order valence-electron chi connectivity index (χ1n) is 5.51. The maximum absolute atomic E-state index is 12.7. The molecule has 1 aromatic rings. The molecule has 1 atom stereocenters. The molecular weight excluding hydrogens is 237 g/mol. The lowest BCUT2D eigenvalue weighted by atomic mass is 9.86. The van der Waals surface area contributed by atoms with Crippen LogP contribution in [0.1, 0.15) is 31.1 Å². The van der Waals surface area contributed by atoms with Crippen molar-refractivity contribution < 1.29 is 19.1 Å². The van der Waals surface area contributed by atoms with E-state index in [1.807, 2.05) is 0 Å². The van der Waals surface area contributed by atoms with Crippen molar-refractivity contribution in [1.82, 2.24) is 5.32 Å². The fourth-order valence-electron chi connectivity index (χ4n) is 1.46. The Morgan fingerprint density at radius 3 is 2.11 bits per heavy atom. The fourth-order valence-corrected chi connectivity index (χ4v) is 1.46. The van der Waals surface area contributed by atoms with Gasteiger partial charge in [0.1, 0.15) is 11.9 Å². The number of carbonyl (C=O) groups is 2. The van der Waals surface area contributed by atoms with Gasteiger partial charge in [0.05, 0.1) is 0 Å². The van der Waals surface area contributed by atoms with Gasteiger partial charge in [-0.3, -0.25) is 4.79 Å². The lowest BCUT2D eigenvalue weighted by molar-refractivity contribution is -0.142. The Morgan fingerprint density at radius 2 is 1.72 bits per heavy atom. The van der Waals surface area contributed by atoms with Crippen LogP contribution in [0.5, 0.6) is 0 Å². The van der Waals surface area contributed by atoms with Crippen molar-refractivity contribution in [3.05, 3.63) is 35.6 Å². The van der Waals surface area contributed by atoms with Crippen LogP contribution in [0.2, 0.25) is 0 Å². The predicted octanol–water partition coefficient (Wildman–Crippen LogP) is 2.05. The molecule has 0 saturated carbocycles. The molecule has 0 aromatic heterocycles. The van der Waals surface area contributed by atoms with E-state index in [-0.39, 0.29) is 5.56 Å². The molecule has 1 rings (SSSR count). The highest BCUT2D eigenvalue weighted by atomic mass is 19.1. The van der Waals surface area contributed by atoms with Crippen molar-refractivity contribution in [2.75, 3.05) is 0 Å². The van der Waals surface area contributed by atoms with E-state index in [1.54, 1.807) is 20.8 Å². The molecule has 0 radical (unpaired) electrons. The molecule has 0 aliphatic carbocycles. The SMILES string of the molecule is CC(C)(C)C(NC(=O)c1ccc(F)cc1)C(=O)O. The van der Waals surface area contributed by atoms with Crippen LogP contribution in [0.15, 0.2) is 24.3 Å². The van der Waals surface area contributed by atoms with Gasteiger partial charge in [0.15, 0.2) is 0 Å². The molecule has 4 nitrogen and oxygen atoms in total. The van der Waals surface area contributed by atoms with Crippen LogP contribution >= 0.6 is 0 Å². The maximum Gasteiger partial charge on any atom is 0.326 e. The lowest BCUT2D eigenvalue weighted by Gasteiger charge is -2.27. The van der Waals surface area contributed by atoms with Gasteiger partial charge >= 0.3 is 5.97 Å². The van der Waals surface area contributed by atoms with E-state index in [0.717, 1.165) is 12.1 Å². The molecule has 5 heteroatoms. The number of halogens is 1. The van der Waals surface area contributed by atoms with Crippen molar-refractivity contribution in [2.24, 2.45) is 5.41 Å². The van der Waals surface area contributed by atoms with E-state index in [1.165, 1.54) is 12.1 Å². The van der Waals surface area contributed by atoms with Crippen molar-refractivity contribution in [3.8, 4) is 0 Å². The number of hydrogen-bond acceptors (Lipinski definition) is 2. The third-order valence-corrected chi connectivity index (χ3v) is 2.49. The fraction of sp³-hybridized carbons (Fsp3) is 0.385. The van der Waals surface area contributed by atoms with Gasteiger partial charge in [-0.15, -0.1) is 0 Å². The predicted molar refractivity (Wildman–Crippen MR) is 64.7 cm³/mol. The molecule has 1 aromatic carbocycles. The summed E-state index contributed by atoms with van der Waals surface area (Å²) in [6, 6.07) is 3.93. The summed E-state index contributed by atoms with van der Waals surface area (Å²) in [4.78, 5) is 22.9. The highest BCUT2D eigenvalue weighted by Gasteiger charge is 2.32. The van der Waals surface area contributed by atoms with E-state index in [4.69, 9.17) is 5.11 Å². The average Bonchev–Trinajstić information content (AvgIpc) is 2.24. The summed E-state index contributed by atoms with van der Waals surface area (Å²) in [5.74, 6) is -2.08. The maximum atomic E-state index is 12.7. The number of carboxylic acid groups (broad SMARTS) is 1.